The highest BCUT2D eigenvalue weighted by atomic mass is 16.6. The van der Waals surface area contributed by atoms with Crippen molar-refractivity contribution in [1.29, 1.82) is 0 Å². The van der Waals surface area contributed by atoms with E-state index in [0.29, 0.717) is 6.42 Å². The fourth-order valence-electron chi connectivity index (χ4n) is 3.77. The molecule has 0 amide bonds. The van der Waals surface area contributed by atoms with Crippen molar-refractivity contribution >= 4 is 28.5 Å². The number of aryl methyl sites for hydroxylation is 1. The molecule has 31 heavy (non-hydrogen) atoms. The number of hydrogen-bond acceptors (Lipinski definition) is 6. The Morgan fingerprint density at radius 1 is 0.903 bits per heavy atom. The van der Waals surface area contributed by atoms with Crippen LogP contribution in [0.4, 0.5) is 22.7 Å². The Morgan fingerprint density at radius 2 is 1.48 bits per heavy atom. The van der Waals surface area contributed by atoms with Gasteiger partial charge in [-0.1, -0.05) is 6.07 Å². The summed E-state index contributed by atoms with van der Waals surface area (Å²) in [6.45, 7) is 4.01. The van der Waals surface area contributed by atoms with Crippen LogP contribution in [0.15, 0.2) is 71.7 Å². The van der Waals surface area contributed by atoms with Crippen LogP contribution in [0.3, 0.4) is 0 Å². The Bertz CT molecular complexity index is 1200. The van der Waals surface area contributed by atoms with Crippen molar-refractivity contribution in [2.24, 2.45) is 4.99 Å². The van der Waals surface area contributed by atoms with Crippen molar-refractivity contribution in [3.63, 3.8) is 0 Å². The lowest BCUT2D eigenvalue weighted by molar-refractivity contribution is -0.385. The van der Waals surface area contributed by atoms with E-state index >= 15 is 0 Å². The maximum absolute atomic E-state index is 11.1. The smallest absolute Gasteiger partial charge is 0.269 e. The highest BCUT2D eigenvalue weighted by Gasteiger charge is 2.32. The minimum atomic E-state index is -0.601. The second-order valence-corrected chi connectivity index (χ2v) is 7.82. The maximum Gasteiger partial charge on any atom is 0.269 e. The predicted molar refractivity (Wildman–Crippen MR) is 119 cm³/mol. The van der Waals surface area contributed by atoms with Gasteiger partial charge in [-0.3, -0.25) is 25.2 Å². The summed E-state index contributed by atoms with van der Waals surface area (Å²) in [6, 6.07) is 18.8. The number of aliphatic imine (C=N–C) groups is 1. The number of fused-ring (bicyclic) bond motifs is 1. The molecule has 1 N–H and O–H groups in total. The molecule has 1 aliphatic rings. The van der Waals surface area contributed by atoms with E-state index in [1.165, 1.54) is 24.3 Å². The second kappa shape index (κ2) is 7.64. The number of anilines is 1. The van der Waals surface area contributed by atoms with E-state index in [0.717, 1.165) is 33.8 Å². The molecule has 1 aliphatic heterocycles. The van der Waals surface area contributed by atoms with Gasteiger partial charge < -0.3 is 5.32 Å². The Morgan fingerprint density at radius 3 is 2.06 bits per heavy atom. The van der Waals surface area contributed by atoms with Crippen LogP contribution in [0.5, 0.6) is 0 Å². The molecule has 0 saturated heterocycles. The molecule has 4 rings (SSSR count). The molecule has 8 heteroatoms. The van der Waals surface area contributed by atoms with Crippen LogP contribution in [0.2, 0.25) is 0 Å². The summed E-state index contributed by atoms with van der Waals surface area (Å²) >= 11 is 0. The lowest BCUT2D eigenvalue weighted by atomic mass is 9.84. The van der Waals surface area contributed by atoms with Gasteiger partial charge in [0.15, 0.2) is 0 Å². The first-order valence-electron chi connectivity index (χ1n) is 9.71. The second-order valence-electron chi connectivity index (χ2n) is 7.82. The Kier molecular flexibility index (Phi) is 4.98. The first-order chi connectivity index (χ1) is 14.7. The topological polar surface area (TPSA) is 111 Å². The lowest BCUT2D eigenvalue weighted by Crippen LogP contribution is -2.33. The van der Waals surface area contributed by atoms with Crippen molar-refractivity contribution in [2.45, 2.75) is 25.8 Å². The third-order valence-corrected chi connectivity index (χ3v) is 5.47. The van der Waals surface area contributed by atoms with Gasteiger partial charge in [0.05, 0.1) is 32.5 Å². The predicted octanol–water partition coefficient (Wildman–Crippen LogP) is 5.66. The van der Waals surface area contributed by atoms with E-state index in [2.05, 4.69) is 5.32 Å². The Balaban J connectivity index is 1.82. The van der Waals surface area contributed by atoms with Gasteiger partial charge in [-0.05, 0) is 66.9 Å². The molecule has 1 atom stereocenters. The Hall–Kier alpha value is -4.07. The van der Waals surface area contributed by atoms with Gasteiger partial charge in [0.1, 0.15) is 0 Å². The van der Waals surface area contributed by atoms with Gasteiger partial charge in [-0.2, -0.15) is 0 Å². The van der Waals surface area contributed by atoms with E-state index in [-0.39, 0.29) is 11.4 Å². The molecule has 3 aromatic rings. The summed E-state index contributed by atoms with van der Waals surface area (Å²) in [4.78, 5) is 26.1. The van der Waals surface area contributed by atoms with Crippen molar-refractivity contribution in [3.8, 4) is 0 Å². The van der Waals surface area contributed by atoms with Gasteiger partial charge in [-0.25, -0.2) is 0 Å². The number of hydrogen-bond donors (Lipinski definition) is 1. The van der Waals surface area contributed by atoms with Crippen LogP contribution in [-0.2, 0) is 5.54 Å². The monoisotopic (exact) mass is 416 g/mol. The number of nitrogens with one attached hydrogen (secondary N) is 1. The lowest BCUT2D eigenvalue weighted by Gasteiger charge is -2.32. The standard InChI is InChI=1S/C23H20N4O4/c1-15-3-12-20-21(13-15)24-22(16-4-8-18(9-5-16)26(28)29)14-23(2,25-20)17-6-10-19(11-7-17)27(30)31/h3-13,25H,14H2,1-2H3. The normalized spacial score (nSPS) is 17.7. The highest BCUT2D eigenvalue weighted by Crippen LogP contribution is 2.40. The average molecular weight is 416 g/mol. The third-order valence-electron chi connectivity index (χ3n) is 5.47. The number of nitro groups is 2. The zero-order valence-electron chi connectivity index (χ0n) is 17.0. The zero-order valence-corrected chi connectivity index (χ0v) is 17.0. The van der Waals surface area contributed by atoms with E-state index in [1.54, 1.807) is 24.3 Å². The average Bonchev–Trinajstić information content (AvgIpc) is 2.90. The minimum absolute atomic E-state index is 0.0190. The highest BCUT2D eigenvalue weighted by molar-refractivity contribution is 6.04. The molecule has 156 valence electrons. The molecule has 0 spiro atoms. The van der Waals surface area contributed by atoms with Crippen LogP contribution < -0.4 is 5.32 Å². The third kappa shape index (κ3) is 4.00. The maximum atomic E-state index is 11.1. The van der Waals surface area contributed by atoms with E-state index in [9.17, 15) is 20.2 Å². The van der Waals surface area contributed by atoms with Crippen molar-refractivity contribution < 1.29 is 9.85 Å². The number of non-ortho nitro benzene ring substituents is 2. The Labute approximate surface area is 178 Å². The molecule has 0 saturated carbocycles. The van der Waals surface area contributed by atoms with E-state index in [1.807, 2.05) is 32.0 Å². The number of benzene rings is 3. The molecule has 8 nitrogen and oxygen atoms in total. The molecule has 0 bridgehead atoms. The summed E-state index contributed by atoms with van der Waals surface area (Å²) < 4.78 is 0. The van der Waals surface area contributed by atoms with E-state index < -0.39 is 15.4 Å². The van der Waals surface area contributed by atoms with Gasteiger partial charge >= 0.3 is 0 Å². The molecule has 0 fully saturated rings. The molecule has 0 aromatic heterocycles. The van der Waals surface area contributed by atoms with Crippen LogP contribution in [0, 0.1) is 27.2 Å². The first-order valence-corrected chi connectivity index (χ1v) is 9.71. The molecule has 0 aliphatic carbocycles. The van der Waals surface area contributed by atoms with E-state index in [4.69, 9.17) is 4.99 Å². The summed E-state index contributed by atoms with van der Waals surface area (Å²) in [7, 11) is 0. The summed E-state index contributed by atoms with van der Waals surface area (Å²) in [5.41, 5.74) is 4.57. The van der Waals surface area contributed by atoms with Gasteiger partial charge in [0.2, 0.25) is 0 Å². The number of rotatable bonds is 4. The van der Waals surface area contributed by atoms with Crippen LogP contribution in [-0.4, -0.2) is 15.6 Å². The molecule has 3 aromatic carbocycles. The van der Waals surface area contributed by atoms with Crippen LogP contribution in [0.25, 0.3) is 0 Å². The zero-order chi connectivity index (χ0) is 22.2. The number of nitrogens with zero attached hydrogens (tertiary/aromatic N) is 3. The first kappa shape index (κ1) is 20.2. The fraction of sp³-hybridized carbons (Fsp3) is 0.174. The molecule has 1 heterocycles. The minimum Gasteiger partial charge on any atom is -0.374 e. The molecule has 1 unspecified atom stereocenters. The SMILES string of the molecule is Cc1ccc2c(c1)N=C(c1ccc([N+](=O)[O-])cc1)CC(C)(c1ccc([N+](=O)[O-])cc1)N2. The van der Waals surface area contributed by atoms with Crippen LogP contribution >= 0.6 is 0 Å². The fourth-order valence-corrected chi connectivity index (χ4v) is 3.77. The largest absolute Gasteiger partial charge is 0.374 e. The van der Waals surface area contributed by atoms with Crippen molar-refractivity contribution in [2.75, 3.05) is 5.32 Å². The summed E-state index contributed by atoms with van der Waals surface area (Å²) in [6.07, 6.45) is 0.482. The molecular weight excluding hydrogens is 396 g/mol. The van der Waals surface area contributed by atoms with Gasteiger partial charge in [-0.15, -0.1) is 0 Å². The van der Waals surface area contributed by atoms with Gasteiger partial charge in [0.25, 0.3) is 11.4 Å². The van der Waals surface area contributed by atoms with Crippen LogP contribution in [0.1, 0.15) is 30.0 Å². The summed E-state index contributed by atoms with van der Waals surface area (Å²) in [5.74, 6) is 0. The quantitative estimate of drug-likeness (QED) is 0.435. The molecule has 0 radical (unpaired) electrons. The molecular formula is C23H20N4O4. The van der Waals surface area contributed by atoms with Crippen molar-refractivity contribution in [3.05, 3.63) is 104 Å². The van der Waals surface area contributed by atoms with Gasteiger partial charge in [0, 0.05) is 30.7 Å². The van der Waals surface area contributed by atoms with Crippen molar-refractivity contribution in [1.82, 2.24) is 0 Å². The summed E-state index contributed by atoms with van der Waals surface area (Å²) in [5, 5.41) is 25.6. The number of nitro benzene ring substituents is 2.